The predicted molar refractivity (Wildman–Crippen MR) is 133 cm³/mol. The maximum absolute atomic E-state index is 13.7. The number of nitrogens with one attached hydrogen (secondary N) is 2. The van der Waals surface area contributed by atoms with E-state index >= 15 is 0 Å². The minimum Gasteiger partial charge on any atom is -0.370 e. The molecule has 0 saturated heterocycles. The molecule has 4 rings (SSSR count). The molecule has 1 atom stereocenters. The fourth-order valence-electron chi connectivity index (χ4n) is 3.95. The quantitative estimate of drug-likeness (QED) is 0.379. The fraction of sp³-hybridized carbons (Fsp3) is 0.308. The summed E-state index contributed by atoms with van der Waals surface area (Å²) < 4.78 is 54.9. The Labute approximate surface area is 216 Å². The SMILES string of the molecule is Cc1cc(C(C)NC(=O)c2cc(CNC3=NCCC3)cc(-c3ccc(F)cc3C(F)(F)F)n2)ncc1Cl. The van der Waals surface area contributed by atoms with Crippen LogP contribution in [0.3, 0.4) is 0 Å². The van der Waals surface area contributed by atoms with Gasteiger partial charge in [0.15, 0.2) is 0 Å². The first-order chi connectivity index (χ1) is 17.5. The van der Waals surface area contributed by atoms with Crippen molar-refractivity contribution >= 4 is 23.3 Å². The third-order valence-corrected chi connectivity index (χ3v) is 6.31. The zero-order valence-electron chi connectivity index (χ0n) is 20.1. The van der Waals surface area contributed by atoms with Gasteiger partial charge in [-0.05, 0) is 67.8 Å². The Morgan fingerprint density at radius 3 is 2.65 bits per heavy atom. The molecule has 6 nitrogen and oxygen atoms in total. The van der Waals surface area contributed by atoms with E-state index in [0.717, 1.165) is 36.4 Å². The lowest BCUT2D eigenvalue weighted by atomic mass is 10.0. The minimum atomic E-state index is -4.82. The molecule has 0 spiro atoms. The molecule has 0 saturated carbocycles. The highest BCUT2D eigenvalue weighted by molar-refractivity contribution is 6.31. The average Bonchev–Trinajstić information content (AvgIpc) is 3.37. The van der Waals surface area contributed by atoms with Gasteiger partial charge in [-0.2, -0.15) is 13.2 Å². The molecular formula is C26H24ClF4N5O. The summed E-state index contributed by atoms with van der Waals surface area (Å²) in [6, 6.07) is 6.54. The molecule has 37 heavy (non-hydrogen) atoms. The second kappa shape index (κ2) is 10.8. The van der Waals surface area contributed by atoms with Crippen LogP contribution in [-0.2, 0) is 12.7 Å². The van der Waals surface area contributed by atoms with E-state index in [0.29, 0.717) is 28.9 Å². The second-order valence-corrected chi connectivity index (χ2v) is 9.18. The van der Waals surface area contributed by atoms with E-state index in [9.17, 15) is 22.4 Å². The number of amidine groups is 1. The summed E-state index contributed by atoms with van der Waals surface area (Å²) >= 11 is 6.03. The molecule has 1 amide bonds. The summed E-state index contributed by atoms with van der Waals surface area (Å²) in [4.78, 5) is 26.0. The maximum atomic E-state index is 13.7. The number of hydrogen-bond donors (Lipinski definition) is 2. The molecule has 2 N–H and O–H groups in total. The number of halogens is 5. The van der Waals surface area contributed by atoms with Crippen LogP contribution in [0.25, 0.3) is 11.3 Å². The number of carbonyl (C=O) groups is 1. The molecule has 0 bridgehead atoms. The molecule has 0 fully saturated rings. The molecule has 1 aliphatic rings. The van der Waals surface area contributed by atoms with Gasteiger partial charge in [0.05, 0.1) is 33.9 Å². The topological polar surface area (TPSA) is 79.3 Å². The van der Waals surface area contributed by atoms with Crippen LogP contribution in [-0.4, -0.2) is 28.3 Å². The van der Waals surface area contributed by atoms with E-state index in [1.54, 1.807) is 13.0 Å². The van der Waals surface area contributed by atoms with Gasteiger partial charge in [0, 0.05) is 31.3 Å². The van der Waals surface area contributed by atoms with Crippen LogP contribution in [0.2, 0.25) is 5.02 Å². The van der Waals surface area contributed by atoms with E-state index in [1.807, 2.05) is 6.92 Å². The first-order valence-corrected chi connectivity index (χ1v) is 12.0. The summed E-state index contributed by atoms with van der Waals surface area (Å²) in [7, 11) is 0. The first kappa shape index (κ1) is 26.5. The molecule has 2 aromatic heterocycles. The molecule has 1 aromatic carbocycles. The standard InChI is InChI=1S/C26H24ClF4N5O/c1-14-8-21(33-13-20(14)27)15(2)35-25(37)23-10-16(12-34-24-4-3-7-32-24)9-22(36-23)18-6-5-17(28)11-19(18)26(29,30)31/h5-6,8-11,13,15H,3-4,7,12H2,1-2H3,(H,32,34)(H,35,37). The Morgan fingerprint density at radius 2 is 1.97 bits per heavy atom. The van der Waals surface area contributed by atoms with Gasteiger partial charge in [-0.1, -0.05) is 11.6 Å². The molecule has 0 aliphatic carbocycles. The Kier molecular flexibility index (Phi) is 7.77. The third-order valence-electron chi connectivity index (χ3n) is 5.91. The molecule has 3 aromatic rings. The number of carbonyl (C=O) groups excluding carboxylic acids is 1. The molecule has 11 heteroatoms. The molecule has 1 unspecified atom stereocenters. The van der Waals surface area contributed by atoms with E-state index < -0.39 is 29.5 Å². The summed E-state index contributed by atoms with van der Waals surface area (Å²) in [5, 5.41) is 6.43. The van der Waals surface area contributed by atoms with Crippen molar-refractivity contribution in [3.63, 3.8) is 0 Å². The number of alkyl halides is 3. The molecule has 1 aliphatic heterocycles. The van der Waals surface area contributed by atoms with Crippen molar-refractivity contribution in [2.24, 2.45) is 4.99 Å². The van der Waals surface area contributed by atoms with Crippen LogP contribution in [0, 0.1) is 12.7 Å². The van der Waals surface area contributed by atoms with Crippen molar-refractivity contribution in [3.8, 4) is 11.3 Å². The summed E-state index contributed by atoms with van der Waals surface area (Å²) in [6.45, 7) is 4.46. The van der Waals surface area contributed by atoms with Crippen LogP contribution < -0.4 is 10.6 Å². The van der Waals surface area contributed by atoms with Crippen molar-refractivity contribution in [2.75, 3.05) is 6.54 Å². The minimum absolute atomic E-state index is 0.0855. The third kappa shape index (κ3) is 6.43. The predicted octanol–water partition coefficient (Wildman–Crippen LogP) is 6.04. The Morgan fingerprint density at radius 1 is 1.19 bits per heavy atom. The summed E-state index contributed by atoms with van der Waals surface area (Å²) in [6.07, 6.45) is -1.65. The van der Waals surface area contributed by atoms with E-state index in [1.165, 1.54) is 18.3 Å². The van der Waals surface area contributed by atoms with Gasteiger partial charge in [0.1, 0.15) is 11.5 Å². The van der Waals surface area contributed by atoms with Gasteiger partial charge in [0.25, 0.3) is 5.91 Å². The lowest BCUT2D eigenvalue weighted by molar-refractivity contribution is -0.137. The number of amides is 1. The van der Waals surface area contributed by atoms with Crippen molar-refractivity contribution in [2.45, 2.75) is 45.5 Å². The van der Waals surface area contributed by atoms with Gasteiger partial charge in [-0.15, -0.1) is 0 Å². The van der Waals surface area contributed by atoms with Crippen molar-refractivity contribution < 1.29 is 22.4 Å². The Bertz CT molecular complexity index is 1360. The first-order valence-electron chi connectivity index (χ1n) is 11.6. The number of rotatable bonds is 6. The van der Waals surface area contributed by atoms with E-state index in [4.69, 9.17) is 11.6 Å². The molecule has 194 valence electrons. The van der Waals surface area contributed by atoms with Crippen LogP contribution in [0.4, 0.5) is 17.6 Å². The number of aromatic nitrogens is 2. The van der Waals surface area contributed by atoms with Crippen molar-refractivity contribution in [1.29, 1.82) is 0 Å². The number of nitrogens with zero attached hydrogens (tertiary/aromatic N) is 3. The monoisotopic (exact) mass is 533 g/mol. The van der Waals surface area contributed by atoms with Crippen molar-refractivity contribution in [3.05, 3.63) is 81.5 Å². The highest BCUT2D eigenvalue weighted by atomic mass is 35.5. The number of aliphatic imine (C=N–C) groups is 1. The van der Waals surface area contributed by atoms with Gasteiger partial charge < -0.3 is 10.6 Å². The zero-order chi connectivity index (χ0) is 26.7. The van der Waals surface area contributed by atoms with Crippen LogP contribution >= 0.6 is 11.6 Å². The highest BCUT2D eigenvalue weighted by Gasteiger charge is 2.35. The molecule has 3 heterocycles. The van der Waals surface area contributed by atoms with Crippen LogP contribution in [0.1, 0.15) is 58.7 Å². The Balaban J connectivity index is 1.70. The molecule has 0 radical (unpaired) electrons. The number of benzene rings is 1. The van der Waals surface area contributed by atoms with Gasteiger partial charge in [0.2, 0.25) is 0 Å². The van der Waals surface area contributed by atoms with Gasteiger partial charge in [-0.3, -0.25) is 14.8 Å². The second-order valence-electron chi connectivity index (χ2n) is 8.77. The number of hydrogen-bond acceptors (Lipinski definition) is 5. The summed E-state index contributed by atoms with van der Waals surface area (Å²) in [5.74, 6) is -0.829. The van der Waals surface area contributed by atoms with E-state index in [2.05, 4.69) is 25.6 Å². The van der Waals surface area contributed by atoms with Gasteiger partial charge >= 0.3 is 6.18 Å². The molecular weight excluding hydrogens is 510 g/mol. The van der Waals surface area contributed by atoms with Gasteiger partial charge in [-0.25, -0.2) is 9.37 Å². The van der Waals surface area contributed by atoms with Crippen molar-refractivity contribution in [1.82, 2.24) is 20.6 Å². The lowest BCUT2D eigenvalue weighted by Gasteiger charge is -2.17. The zero-order valence-corrected chi connectivity index (χ0v) is 20.8. The van der Waals surface area contributed by atoms with Crippen LogP contribution in [0.5, 0.6) is 0 Å². The Hall–Kier alpha value is -3.53. The lowest BCUT2D eigenvalue weighted by Crippen LogP contribution is -2.28. The highest BCUT2D eigenvalue weighted by Crippen LogP contribution is 2.37. The van der Waals surface area contributed by atoms with Crippen LogP contribution in [0.15, 0.2) is 47.6 Å². The average molecular weight is 534 g/mol. The smallest absolute Gasteiger partial charge is 0.370 e. The maximum Gasteiger partial charge on any atom is 0.417 e. The number of pyridine rings is 2. The number of aryl methyl sites for hydroxylation is 1. The van der Waals surface area contributed by atoms with E-state index in [-0.39, 0.29) is 23.5 Å². The largest absolute Gasteiger partial charge is 0.417 e. The summed E-state index contributed by atoms with van der Waals surface area (Å²) in [5.41, 5.74) is 0.181. The normalized spacial score (nSPS) is 14.3. The fourth-order valence-corrected chi connectivity index (χ4v) is 4.05.